The molecule has 3 rings (SSSR count). The van der Waals surface area contributed by atoms with Crippen LogP contribution in [0.3, 0.4) is 0 Å². The second-order valence-electron chi connectivity index (χ2n) is 5.29. The lowest BCUT2D eigenvalue weighted by Crippen LogP contribution is -2.17. The van der Waals surface area contributed by atoms with E-state index in [0.29, 0.717) is 10.6 Å². The number of aryl methyl sites for hydroxylation is 1. The quantitative estimate of drug-likeness (QED) is 0.770. The molecule has 2 aromatic carbocycles. The van der Waals surface area contributed by atoms with Crippen molar-refractivity contribution in [2.24, 2.45) is 0 Å². The van der Waals surface area contributed by atoms with Crippen LogP contribution in [0, 0.1) is 0 Å². The van der Waals surface area contributed by atoms with E-state index in [4.69, 9.17) is 16.3 Å². The van der Waals surface area contributed by atoms with Crippen LogP contribution in [0.25, 0.3) is 0 Å². The average Bonchev–Trinajstić information content (AvgIpc) is 2.53. The lowest BCUT2D eigenvalue weighted by Gasteiger charge is -2.25. The second kappa shape index (κ2) is 6.42. The van der Waals surface area contributed by atoms with E-state index in [0.717, 1.165) is 19.3 Å². The molecule has 108 valence electrons. The Kier molecular flexibility index (Phi) is 4.37. The summed E-state index contributed by atoms with van der Waals surface area (Å²) in [4.78, 5) is 12.2. The van der Waals surface area contributed by atoms with Crippen molar-refractivity contribution in [3.8, 4) is 0 Å². The smallest absolute Gasteiger partial charge is 0.189 e. The summed E-state index contributed by atoms with van der Waals surface area (Å²) in [6.07, 6.45) is 3.17. The Balaban J connectivity index is 1.69. The van der Waals surface area contributed by atoms with E-state index < -0.39 is 0 Å². The van der Waals surface area contributed by atoms with Gasteiger partial charge in [-0.3, -0.25) is 4.79 Å². The van der Waals surface area contributed by atoms with Crippen molar-refractivity contribution >= 4 is 17.4 Å². The fraction of sp³-hybridized carbons (Fsp3) is 0.278. The van der Waals surface area contributed by atoms with Crippen molar-refractivity contribution < 1.29 is 9.53 Å². The maximum atomic E-state index is 12.2. The van der Waals surface area contributed by atoms with Gasteiger partial charge < -0.3 is 4.74 Å². The van der Waals surface area contributed by atoms with Gasteiger partial charge in [0.25, 0.3) is 0 Å². The summed E-state index contributed by atoms with van der Waals surface area (Å²) in [6.45, 7) is 0.0722. The molecule has 2 nitrogen and oxygen atoms in total. The molecule has 2 aromatic rings. The summed E-state index contributed by atoms with van der Waals surface area (Å²) in [7, 11) is 0. The van der Waals surface area contributed by atoms with Gasteiger partial charge in [-0.15, -0.1) is 0 Å². The molecule has 0 radical (unpaired) electrons. The zero-order valence-electron chi connectivity index (χ0n) is 11.7. The lowest BCUT2D eigenvalue weighted by molar-refractivity contribution is 0.0372. The van der Waals surface area contributed by atoms with Crippen LogP contribution in [0.15, 0.2) is 48.5 Å². The van der Waals surface area contributed by atoms with Crippen LogP contribution in [0.5, 0.6) is 0 Å². The van der Waals surface area contributed by atoms with Gasteiger partial charge >= 0.3 is 0 Å². The molecule has 0 saturated heterocycles. The Hall–Kier alpha value is -1.64. The van der Waals surface area contributed by atoms with Crippen LogP contribution in [0.1, 0.15) is 40.4 Å². The van der Waals surface area contributed by atoms with E-state index in [1.165, 1.54) is 11.1 Å². The Morgan fingerprint density at radius 1 is 1.14 bits per heavy atom. The van der Waals surface area contributed by atoms with Gasteiger partial charge in [-0.25, -0.2) is 0 Å². The maximum absolute atomic E-state index is 12.2. The third-order valence-corrected chi connectivity index (χ3v) is 4.23. The minimum atomic E-state index is -0.0661. The van der Waals surface area contributed by atoms with Crippen molar-refractivity contribution in [2.45, 2.75) is 25.4 Å². The Morgan fingerprint density at radius 2 is 1.90 bits per heavy atom. The first kappa shape index (κ1) is 14.3. The van der Waals surface area contributed by atoms with Crippen LogP contribution in [-0.4, -0.2) is 12.4 Å². The first-order chi connectivity index (χ1) is 10.3. The molecule has 0 aliphatic heterocycles. The third-order valence-electron chi connectivity index (χ3n) is 3.90. The van der Waals surface area contributed by atoms with E-state index in [-0.39, 0.29) is 18.5 Å². The van der Waals surface area contributed by atoms with E-state index in [2.05, 4.69) is 18.2 Å². The largest absolute Gasteiger partial charge is 0.365 e. The van der Waals surface area contributed by atoms with E-state index in [1.54, 1.807) is 12.1 Å². The average molecular weight is 301 g/mol. The molecule has 1 aliphatic rings. The summed E-state index contributed by atoms with van der Waals surface area (Å²) in [6, 6.07) is 15.4. The molecule has 0 fully saturated rings. The first-order valence-corrected chi connectivity index (χ1v) is 7.60. The van der Waals surface area contributed by atoms with Crippen LogP contribution in [-0.2, 0) is 11.2 Å². The van der Waals surface area contributed by atoms with Gasteiger partial charge in [0.15, 0.2) is 5.78 Å². The summed E-state index contributed by atoms with van der Waals surface area (Å²) in [5.74, 6) is -0.0661. The molecule has 1 unspecified atom stereocenters. The molecule has 0 amide bonds. The fourth-order valence-electron chi connectivity index (χ4n) is 2.82. The number of rotatable bonds is 4. The topological polar surface area (TPSA) is 26.3 Å². The highest BCUT2D eigenvalue weighted by Crippen LogP contribution is 2.32. The molecule has 0 spiro atoms. The molecular formula is C18H17ClO2. The monoisotopic (exact) mass is 300 g/mol. The van der Waals surface area contributed by atoms with Crippen molar-refractivity contribution in [1.82, 2.24) is 0 Å². The van der Waals surface area contributed by atoms with Crippen LogP contribution >= 0.6 is 11.6 Å². The normalized spacial score (nSPS) is 17.3. The highest BCUT2D eigenvalue weighted by atomic mass is 35.5. The van der Waals surface area contributed by atoms with E-state index in [9.17, 15) is 4.79 Å². The molecule has 0 saturated carbocycles. The summed E-state index contributed by atoms with van der Waals surface area (Å²) >= 11 is 6.05. The van der Waals surface area contributed by atoms with Crippen molar-refractivity contribution in [3.05, 3.63) is 70.2 Å². The van der Waals surface area contributed by atoms with Crippen LogP contribution < -0.4 is 0 Å². The van der Waals surface area contributed by atoms with Crippen molar-refractivity contribution in [2.75, 3.05) is 6.61 Å². The number of carbonyl (C=O) groups excluding carboxylic acids is 1. The minimum absolute atomic E-state index is 0.0152. The Bertz CT molecular complexity index is 651. The zero-order chi connectivity index (χ0) is 14.7. The van der Waals surface area contributed by atoms with Gasteiger partial charge in [-0.2, -0.15) is 0 Å². The Labute approximate surface area is 129 Å². The highest BCUT2D eigenvalue weighted by Gasteiger charge is 2.21. The number of Topliss-reactive ketones (excluding diaryl/α,β-unsaturated/α-hetero) is 1. The number of ketones is 1. The molecule has 0 N–H and O–H groups in total. The second-order valence-corrected chi connectivity index (χ2v) is 5.70. The van der Waals surface area contributed by atoms with E-state index >= 15 is 0 Å². The number of ether oxygens (including phenoxy) is 1. The van der Waals surface area contributed by atoms with Crippen LogP contribution in [0.4, 0.5) is 0 Å². The Morgan fingerprint density at radius 3 is 2.76 bits per heavy atom. The predicted molar refractivity (Wildman–Crippen MR) is 83.9 cm³/mol. The van der Waals surface area contributed by atoms with E-state index in [1.807, 2.05) is 18.2 Å². The molecule has 1 atom stereocenters. The molecule has 21 heavy (non-hydrogen) atoms. The lowest BCUT2D eigenvalue weighted by atomic mass is 9.89. The SMILES string of the molecule is O=C(COC1CCCc2ccccc21)c1ccccc1Cl. The van der Waals surface area contributed by atoms with Gasteiger partial charge in [0.1, 0.15) is 6.61 Å². The van der Waals surface area contributed by atoms with Gasteiger partial charge in [0.05, 0.1) is 11.1 Å². The maximum Gasteiger partial charge on any atom is 0.189 e. The molecule has 0 aromatic heterocycles. The number of hydrogen-bond acceptors (Lipinski definition) is 2. The number of benzene rings is 2. The highest BCUT2D eigenvalue weighted by molar-refractivity contribution is 6.34. The first-order valence-electron chi connectivity index (χ1n) is 7.23. The van der Waals surface area contributed by atoms with Gasteiger partial charge in [-0.1, -0.05) is 48.0 Å². The molecule has 0 heterocycles. The number of hydrogen-bond donors (Lipinski definition) is 0. The van der Waals surface area contributed by atoms with Gasteiger partial charge in [-0.05, 0) is 42.5 Å². The fourth-order valence-corrected chi connectivity index (χ4v) is 3.06. The summed E-state index contributed by atoms with van der Waals surface area (Å²) in [5.41, 5.74) is 3.08. The predicted octanol–water partition coefficient (Wildman–Crippen LogP) is 4.62. The summed E-state index contributed by atoms with van der Waals surface area (Å²) < 4.78 is 5.87. The van der Waals surface area contributed by atoms with Gasteiger partial charge in [0.2, 0.25) is 0 Å². The number of carbonyl (C=O) groups is 1. The summed E-state index contributed by atoms with van der Waals surface area (Å²) in [5, 5.41) is 0.482. The molecular weight excluding hydrogens is 284 g/mol. The molecule has 3 heteroatoms. The number of fused-ring (bicyclic) bond motifs is 1. The zero-order valence-corrected chi connectivity index (χ0v) is 12.5. The molecule has 1 aliphatic carbocycles. The minimum Gasteiger partial charge on any atom is -0.365 e. The van der Waals surface area contributed by atoms with Crippen LogP contribution in [0.2, 0.25) is 5.02 Å². The van der Waals surface area contributed by atoms with Crippen molar-refractivity contribution in [1.29, 1.82) is 0 Å². The van der Waals surface area contributed by atoms with Crippen molar-refractivity contribution in [3.63, 3.8) is 0 Å². The molecule has 0 bridgehead atoms. The number of halogens is 1. The standard InChI is InChI=1S/C18H17ClO2/c19-16-10-4-3-9-15(16)17(20)12-21-18-11-5-7-13-6-1-2-8-14(13)18/h1-4,6,8-10,18H,5,7,11-12H2. The third kappa shape index (κ3) is 3.17. The van der Waals surface area contributed by atoms with Gasteiger partial charge in [0, 0.05) is 5.56 Å².